The molecule has 0 atom stereocenters. The highest BCUT2D eigenvalue weighted by Gasteiger charge is 2.24. The second-order valence-electron chi connectivity index (χ2n) is 9.85. The van der Waals surface area contributed by atoms with Crippen LogP contribution in [0.3, 0.4) is 0 Å². The summed E-state index contributed by atoms with van der Waals surface area (Å²) in [7, 11) is 0. The fraction of sp³-hybridized carbons (Fsp3) is 0.370. The molecule has 0 unspecified atom stereocenters. The minimum absolute atomic E-state index is 0.169. The largest absolute Gasteiger partial charge is 0.329 e. The van der Waals surface area contributed by atoms with Crippen molar-refractivity contribution in [3.8, 4) is 5.69 Å². The second-order valence-corrected chi connectivity index (χ2v) is 9.85. The number of nitro groups is 1. The van der Waals surface area contributed by atoms with Crippen LogP contribution in [0.5, 0.6) is 0 Å². The molecule has 0 bridgehead atoms. The average molecular weight is 492 g/mol. The molecule has 1 aromatic heterocycles. The Morgan fingerprint density at radius 1 is 1.11 bits per heavy atom. The van der Waals surface area contributed by atoms with Crippen molar-refractivity contribution in [2.45, 2.75) is 52.9 Å². The van der Waals surface area contributed by atoms with Crippen molar-refractivity contribution >= 4 is 23.3 Å². The molecule has 1 N–H and O–H groups in total. The van der Waals surface area contributed by atoms with Gasteiger partial charge in [-0.25, -0.2) is 4.68 Å². The van der Waals surface area contributed by atoms with E-state index in [-0.39, 0.29) is 29.1 Å². The zero-order chi connectivity index (χ0) is 26.5. The summed E-state index contributed by atoms with van der Waals surface area (Å²) in [5, 5.41) is 18.8. The highest BCUT2D eigenvalue weighted by atomic mass is 16.6. The van der Waals surface area contributed by atoms with Gasteiger partial charge in [0.05, 0.1) is 16.3 Å². The standard InChI is InChI=1S/C27H33N5O4/c1-6-7-15-30(26(34)20-9-8-10-22(16-20)32(35)36)18-25(33)28-24-17-23(27(3,4)5)29-31(24)21-13-11-19(2)12-14-21/h8-14,16-17H,6-7,15,18H2,1-5H3,(H,28,33). The van der Waals surface area contributed by atoms with E-state index in [2.05, 4.69) is 5.32 Å². The number of benzene rings is 2. The topological polar surface area (TPSA) is 110 Å². The first-order valence-corrected chi connectivity index (χ1v) is 12.0. The Labute approximate surface area is 211 Å². The van der Waals surface area contributed by atoms with E-state index in [0.29, 0.717) is 18.8 Å². The molecule has 36 heavy (non-hydrogen) atoms. The summed E-state index contributed by atoms with van der Waals surface area (Å²) in [6, 6.07) is 15.2. The van der Waals surface area contributed by atoms with E-state index < -0.39 is 10.8 Å². The van der Waals surface area contributed by atoms with Crippen LogP contribution < -0.4 is 5.32 Å². The number of amides is 2. The van der Waals surface area contributed by atoms with Crippen LogP contribution in [0.15, 0.2) is 54.6 Å². The number of carbonyl (C=O) groups excluding carboxylic acids is 2. The molecule has 0 radical (unpaired) electrons. The van der Waals surface area contributed by atoms with Crippen LogP contribution in [-0.2, 0) is 10.2 Å². The van der Waals surface area contributed by atoms with Crippen LogP contribution in [0.4, 0.5) is 11.5 Å². The third-order valence-corrected chi connectivity index (χ3v) is 5.73. The van der Waals surface area contributed by atoms with Gasteiger partial charge in [0.1, 0.15) is 12.4 Å². The van der Waals surface area contributed by atoms with E-state index in [0.717, 1.165) is 23.4 Å². The van der Waals surface area contributed by atoms with Gasteiger partial charge in [-0.1, -0.05) is 57.9 Å². The smallest absolute Gasteiger partial charge is 0.270 e. The first kappa shape index (κ1) is 26.6. The predicted octanol–water partition coefficient (Wildman–Crippen LogP) is 5.27. The number of nitrogens with zero attached hydrogens (tertiary/aromatic N) is 4. The molecule has 0 aliphatic carbocycles. The fourth-order valence-corrected chi connectivity index (χ4v) is 3.61. The molecule has 2 aromatic carbocycles. The van der Waals surface area contributed by atoms with Crippen LogP contribution >= 0.6 is 0 Å². The summed E-state index contributed by atoms with van der Waals surface area (Å²) in [5.74, 6) is -0.296. The van der Waals surface area contributed by atoms with E-state index >= 15 is 0 Å². The number of aromatic nitrogens is 2. The van der Waals surface area contributed by atoms with Crippen molar-refractivity contribution in [3.05, 3.63) is 81.5 Å². The van der Waals surface area contributed by atoms with Gasteiger partial charge >= 0.3 is 0 Å². The maximum absolute atomic E-state index is 13.2. The molecule has 0 saturated heterocycles. The lowest BCUT2D eigenvalue weighted by Gasteiger charge is -2.22. The molecule has 0 aliphatic heterocycles. The van der Waals surface area contributed by atoms with Gasteiger partial charge in [-0.15, -0.1) is 0 Å². The van der Waals surface area contributed by atoms with Gasteiger partial charge in [0, 0.05) is 35.7 Å². The quantitative estimate of drug-likeness (QED) is 0.324. The predicted molar refractivity (Wildman–Crippen MR) is 140 cm³/mol. The monoisotopic (exact) mass is 491 g/mol. The molecule has 0 spiro atoms. The first-order chi connectivity index (χ1) is 17.0. The van der Waals surface area contributed by atoms with E-state index in [1.165, 1.54) is 29.2 Å². The Hall–Kier alpha value is -4.01. The third-order valence-electron chi connectivity index (χ3n) is 5.73. The lowest BCUT2D eigenvalue weighted by molar-refractivity contribution is -0.384. The minimum atomic E-state index is -0.543. The summed E-state index contributed by atoms with van der Waals surface area (Å²) in [4.78, 5) is 38.3. The van der Waals surface area contributed by atoms with Crippen LogP contribution in [0, 0.1) is 17.0 Å². The van der Waals surface area contributed by atoms with Gasteiger partial charge in [-0.2, -0.15) is 5.10 Å². The Balaban J connectivity index is 1.86. The van der Waals surface area contributed by atoms with Crippen LogP contribution in [0.25, 0.3) is 5.69 Å². The van der Waals surface area contributed by atoms with Crippen molar-refractivity contribution in [1.29, 1.82) is 0 Å². The summed E-state index contributed by atoms with van der Waals surface area (Å²) in [6.07, 6.45) is 1.53. The molecule has 0 fully saturated rings. The van der Waals surface area contributed by atoms with Gasteiger partial charge < -0.3 is 10.2 Å². The van der Waals surface area contributed by atoms with Gasteiger partial charge in [0.15, 0.2) is 0 Å². The Morgan fingerprint density at radius 2 is 1.81 bits per heavy atom. The Kier molecular flexibility index (Phi) is 8.24. The van der Waals surface area contributed by atoms with Gasteiger partial charge in [0.2, 0.25) is 5.91 Å². The number of hydrogen-bond donors (Lipinski definition) is 1. The van der Waals surface area contributed by atoms with E-state index in [4.69, 9.17) is 5.10 Å². The number of unbranched alkanes of at least 4 members (excludes halogenated alkanes) is 1. The van der Waals surface area contributed by atoms with Crippen molar-refractivity contribution in [2.75, 3.05) is 18.4 Å². The van der Waals surface area contributed by atoms with Crippen LogP contribution in [-0.4, -0.2) is 44.5 Å². The highest BCUT2D eigenvalue weighted by molar-refractivity contribution is 5.99. The summed E-state index contributed by atoms with van der Waals surface area (Å²) in [6.45, 7) is 10.3. The van der Waals surface area contributed by atoms with Crippen LogP contribution in [0.2, 0.25) is 0 Å². The maximum Gasteiger partial charge on any atom is 0.270 e. The number of aryl methyl sites for hydroxylation is 1. The third kappa shape index (κ3) is 6.56. The molecular weight excluding hydrogens is 458 g/mol. The number of non-ortho nitro benzene ring substituents is 1. The van der Waals surface area contributed by atoms with Crippen molar-refractivity contribution in [2.24, 2.45) is 0 Å². The Morgan fingerprint density at radius 3 is 2.42 bits per heavy atom. The summed E-state index contributed by atoms with van der Waals surface area (Å²) < 4.78 is 1.69. The number of anilines is 1. The number of nitrogens with one attached hydrogen (secondary N) is 1. The molecule has 9 heteroatoms. The number of hydrogen-bond acceptors (Lipinski definition) is 5. The SMILES string of the molecule is CCCCN(CC(=O)Nc1cc(C(C)(C)C)nn1-c1ccc(C)cc1)C(=O)c1cccc([N+](=O)[O-])c1. The van der Waals surface area contributed by atoms with E-state index in [9.17, 15) is 19.7 Å². The lowest BCUT2D eigenvalue weighted by atomic mass is 9.92. The molecule has 190 valence electrons. The zero-order valence-corrected chi connectivity index (χ0v) is 21.4. The van der Waals surface area contributed by atoms with Crippen molar-refractivity contribution in [1.82, 2.24) is 14.7 Å². The molecule has 2 amide bonds. The zero-order valence-electron chi connectivity index (χ0n) is 21.4. The fourth-order valence-electron chi connectivity index (χ4n) is 3.61. The number of carbonyl (C=O) groups is 2. The second kappa shape index (κ2) is 11.2. The molecule has 9 nitrogen and oxygen atoms in total. The highest BCUT2D eigenvalue weighted by Crippen LogP contribution is 2.26. The maximum atomic E-state index is 13.2. The number of nitro benzene ring substituents is 1. The summed E-state index contributed by atoms with van der Waals surface area (Å²) >= 11 is 0. The molecular formula is C27H33N5O4. The van der Waals surface area contributed by atoms with E-state index in [1.807, 2.05) is 65.0 Å². The Bertz CT molecular complexity index is 1240. The van der Waals surface area contributed by atoms with Crippen molar-refractivity contribution in [3.63, 3.8) is 0 Å². The lowest BCUT2D eigenvalue weighted by Crippen LogP contribution is -2.39. The molecule has 1 heterocycles. The van der Waals surface area contributed by atoms with Gasteiger partial charge in [-0.3, -0.25) is 19.7 Å². The first-order valence-electron chi connectivity index (χ1n) is 12.0. The molecule has 0 aliphatic rings. The average Bonchev–Trinajstić information content (AvgIpc) is 3.26. The molecule has 3 rings (SSSR count). The van der Waals surface area contributed by atoms with Crippen molar-refractivity contribution < 1.29 is 14.5 Å². The minimum Gasteiger partial charge on any atom is -0.329 e. The molecule has 0 saturated carbocycles. The van der Waals surface area contributed by atoms with Gasteiger partial charge in [-0.05, 0) is 31.5 Å². The molecule has 3 aromatic rings. The normalized spacial score (nSPS) is 11.2. The van der Waals surface area contributed by atoms with E-state index in [1.54, 1.807) is 4.68 Å². The summed E-state index contributed by atoms with van der Waals surface area (Å²) in [5.41, 5.74) is 2.50. The van der Waals surface area contributed by atoms with Crippen LogP contribution in [0.1, 0.15) is 62.2 Å². The number of rotatable bonds is 9. The van der Waals surface area contributed by atoms with Gasteiger partial charge in [0.25, 0.3) is 11.6 Å².